The third-order valence-corrected chi connectivity index (χ3v) is 3.00. The van der Waals surface area contributed by atoms with Gasteiger partial charge < -0.3 is 10.8 Å². The molecule has 0 bridgehead atoms. The molecule has 2 aromatic rings. The van der Waals surface area contributed by atoms with Gasteiger partial charge in [0.2, 0.25) is 0 Å². The molecule has 0 amide bonds. The minimum atomic E-state index is -0.154. The summed E-state index contributed by atoms with van der Waals surface area (Å²) in [6, 6.07) is 11.4. The summed E-state index contributed by atoms with van der Waals surface area (Å²) < 4.78 is 0. The Morgan fingerprint density at radius 1 is 1.24 bits per heavy atom. The lowest BCUT2D eigenvalue weighted by Crippen LogP contribution is -2.10. The summed E-state index contributed by atoms with van der Waals surface area (Å²) in [6.07, 6.45) is 3.50. The molecule has 0 aliphatic heterocycles. The summed E-state index contributed by atoms with van der Waals surface area (Å²) >= 11 is 0. The van der Waals surface area contributed by atoms with Gasteiger partial charge in [0.25, 0.3) is 0 Å². The van der Waals surface area contributed by atoms with E-state index in [1.54, 1.807) is 6.07 Å². The fourth-order valence-corrected chi connectivity index (χ4v) is 2.12. The molecule has 0 aliphatic carbocycles. The number of hydrogen-bond donors (Lipinski definition) is 2. The maximum atomic E-state index is 9.97. The molecular weight excluding hydrogens is 210 g/mol. The number of phenolic OH excluding ortho intramolecular Hbond substituents is 1. The second-order valence-corrected chi connectivity index (χ2v) is 4.19. The number of hydrogen-bond acceptors (Lipinski definition) is 2. The smallest absolute Gasteiger partial charge is 0.120 e. The van der Waals surface area contributed by atoms with Gasteiger partial charge in [-0.3, -0.25) is 0 Å². The molecule has 0 radical (unpaired) electrons. The van der Waals surface area contributed by atoms with Crippen molar-refractivity contribution in [3.63, 3.8) is 0 Å². The molecule has 3 N–H and O–H groups in total. The van der Waals surface area contributed by atoms with Crippen molar-refractivity contribution >= 4 is 10.8 Å². The van der Waals surface area contributed by atoms with Gasteiger partial charge >= 0.3 is 0 Å². The van der Waals surface area contributed by atoms with E-state index < -0.39 is 0 Å². The predicted octanol–water partition coefficient (Wildman–Crippen LogP) is 3.51. The van der Waals surface area contributed by atoms with E-state index in [-0.39, 0.29) is 11.8 Å². The van der Waals surface area contributed by atoms with Crippen molar-refractivity contribution in [1.82, 2.24) is 0 Å². The molecule has 2 heteroatoms. The van der Waals surface area contributed by atoms with Gasteiger partial charge in [-0.15, -0.1) is 6.58 Å². The SMILES string of the molecule is C=CCC[C@H](N)c1c(O)ccc2ccccc12. The van der Waals surface area contributed by atoms with Crippen molar-refractivity contribution in [3.8, 4) is 5.75 Å². The van der Waals surface area contributed by atoms with Crippen molar-refractivity contribution in [2.45, 2.75) is 18.9 Å². The molecule has 0 spiro atoms. The minimum Gasteiger partial charge on any atom is -0.508 e. The Hall–Kier alpha value is -1.80. The van der Waals surface area contributed by atoms with E-state index in [0.29, 0.717) is 0 Å². The highest BCUT2D eigenvalue weighted by Gasteiger charge is 2.13. The summed E-state index contributed by atoms with van der Waals surface area (Å²) in [7, 11) is 0. The van der Waals surface area contributed by atoms with Crippen molar-refractivity contribution in [2.75, 3.05) is 0 Å². The van der Waals surface area contributed by atoms with Gasteiger partial charge in [-0.05, 0) is 29.7 Å². The summed E-state index contributed by atoms with van der Waals surface area (Å²) in [5.74, 6) is 0.278. The standard InChI is InChI=1S/C15H17NO/c1-2-3-8-13(16)15-12-7-5-4-6-11(12)9-10-14(15)17/h2,4-7,9-10,13,17H,1,3,8,16H2/t13-/m0/s1. The lowest BCUT2D eigenvalue weighted by molar-refractivity contribution is 0.460. The number of fused-ring (bicyclic) bond motifs is 1. The second-order valence-electron chi connectivity index (χ2n) is 4.19. The molecule has 0 aromatic heterocycles. The fraction of sp³-hybridized carbons (Fsp3) is 0.200. The summed E-state index contributed by atoms with van der Waals surface area (Å²) in [6.45, 7) is 3.69. The number of aromatic hydroxyl groups is 1. The normalized spacial score (nSPS) is 12.5. The molecule has 0 unspecified atom stereocenters. The summed E-state index contributed by atoms with van der Waals surface area (Å²) in [5, 5.41) is 12.1. The van der Waals surface area contributed by atoms with Gasteiger partial charge in [0.15, 0.2) is 0 Å². The number of benzene rings is 2. The highest BCUT2D eigenvalue weighted by molar-refractivity contribution is 5.88. The van der Waals surface area contributed by atoms with Crippen LogP contribution in [0.3, 0.4) is 0 Å². The van der Waals surface area contributed by atoms with E-state index in [2.05, 4.69) is 6.58 Å². The molecule has 0 aliphatic rings. The Bertz CT molecular complexity index is 533. The highest BCUT2D eigenvalue weighted by Crippen LogP contribution is 2.33. The Labute approximate surface area is 101 Å². The number of nitrogens with two attached hydrogens (primary N) is 1. The van der Waals surface area contributed by atoms with Crippen molar-refractivity contribution < 1.29 is 5.11 Å². The van der Waals surface area contributed by atoms with Gasteiger partial charge in [-0.1, -0.05) is 36.4 Å². The molecule has 2 nitrogen and oxygen atoms in total. The Kier molecular flexibility index (Phi) is 3.45. The largest absolute Gasteiger partial charge is 0.508 e. The van der Waals surface area contributed by atoms with E-state index in [4.69, 9.17) is 5.73 Å². The van der Waals surface area contributed by atoms with Crippen LogP contribution in [0.4, 0.5) is 0 Å². The maximum absolute atomic E-state index is 9.97. The van der Waals surface area contributed by atoms with Crippen LogP contribution in [-0.4, -0.2) is 5.11 Å². The Balaban J connectivity index is 2.50. The van der Waals surface area contributed by atoms with Crippen LogP contribution in [0.25, 0.3) is 10.8 Å². The Morgan fingerprint density at radius 2 is 2.00 bits per heavy atom. The zero-order valence-electron chi connectivity index (χ0n) is 9.76. The number of phenols is 1. The number of rotatable bonds is 4. The first-order valence-electron chi connectivity index (χ1n) is 5.81. The van der Waals surface area contributed by atoms with Crippen LogP contribution < -0.4 is 5.73 Å². The molecule has 2 aromatic carbocycles. The van der Waals surface area contributed by atoms with E-state index in [0.717, 1.165) is 29.2 Å². The molecule has 88 valence electrons. The third-order valence-electron chi connectivity index (χ3n) is 3.00. The zero-order valence-corrected chi connectivity index (χ0v) is 9.76. The Morgan fingerprint density at radius 3 is 2.76 bits per heavy atom. The van der Waals surface area contributed by atoms with Gasteiger partial charge in [0, 0.05) is 11.6 Å². The predicted molar refractivity (Wildman–Crippen MR) is 72.0 cm³/mol. The molecular formula is C15H17NO. The topological polar surface area (TPSA) is 46.2 Å². The van der Waals surface area contributed by atoms with Crippen LogP contribution in [0.5, 0.6) is 5.75 Å². The molecule has 0 saturated heterocycles. The first kappa shape index (κ1) is 11.7. The molecule has 0 fully saturated rings. The van der Waals surface area contributed by atoms with E-state index in [1.165, 1.54) is 0 Å². The van der Waals surface area contributed by atoms with Crippen molar-refractivity contribution in [1.29, 1.82) is 0 Å². The second kappa shape index (κ2) is 5.02. The van der Waals surface area contributed by atoms with Gasteiger partial charge in [0.1, 0.15) is 5.75 Å². The monoisotopic (exact) mass is 227 g/mol. The van der Waals surface area contributed by atoms with E-state index in [1.807, 2.05) is 36.4 Å². The fourth-order valence-electron chi connectivity index (χ4n) is 2.12. The minimum absolute atomic E-state index is 0.154. The van der Waals surface area contributed by atoms with Crippen LogP contribution in [0, 0.1) is 0 Å². The van der Waals surface area contributed by atoms with Gasteiger partial charge in [-0.25, -0.2) is 0 Å². The first-order chi connectivity index (χ1) is 8.24. The average molecular weight is 227 g/mol. The third kappa shape index (κ3) is 2.32. The molecule has 0 heterocycles. The van der Waals surface area contributed by atoms with Crippen LogP contribution in [0.15, 0.2) is 49.1 Å². The first-order valence-corrected chi connectivity index (χ1v) is 5.81. The van der Waals surface area contributed by atoms with Gasteiger partial charge in [-0.2, -0.15) is 0 Å². The van der Waals surface area contributed by atoms with Crippen molar-refractivity contribution in [2.24, 2.45) is 5.73 Å². The van der Waals surface area contributed by atoms with E-state index >= 15 is 0 Å². The van der Waals surface area contributed by atoms with Crippen LogP contribution in [0.1, 0.15) is 24.4 Å². The highest BCUT2D eigenvalue weighted by atomic mass is 16.3. The quantitative estimate of drug-likeness (QED) is 0.785. The average Bonchev–Trinajstić information content (AvgIpc) is 2.35. The van der Waals surface area contributed by atoms with Gasteiger partial charge in [0.05, 0.1) is 0 Å². The number of allylic oxidation sites excluding steroid dienone is 1. The maximum Gasteiger partial charge on any atom is 0.120 e. The molecule has 0 saturated carbocycles. The molecule has 17 heavy (non-hydrogen) atoms. The summed E-state index contributed by atoms with van der Waals surface area (Å²) in [5.41, 5.74) is 6.98. The lowest BCUT2D eigenvalue weighted by atomic mass is 9.95. The molecule has 2 rings (SSSR count). The zero-order chi connectivity index (χ0) is 12.3. The van der Waals surface area contributed by atoms with Crippen molar-refractivity contribution in [3.05, 3.63) is 54.6 Å². The lowest BCUT2D eigenvalue weighted by Gasteiger charge is -2.15. The van der Waals surface area contributed by atoms with Crippen LogP contribution in [-0.2, 0) is 0 Å². The van der Waals surface area contributed by atoms with Crippen LogP contribution >= 0.6 is 0 Å². The van der Waals surface area contributed by atoms with Crippen LogP contribution in [0.2, 0.25) is 0 Å². The molecule has 1 atom stereocenters. The summed E-state index contributed by atoms with van der Waals surface area (Å²) in [4.78, 5) is 0. The van der Waals surface area contributed by atoms with E-state index in [9.17, 15) is 5.11 Å².